The Labute approximate surface area is 133 Å². The average Bonchev–Trinajstić information content (AvgIpc) is 3.23. The Bertz CT molecular complexity index is 672. The van der Waals surface area contributed by atoms with Crippen molar-refractivity contribution in [3.63, 3.8) is 0 Å². The monoisotopic (exact) mass is 314 g/mol. The minimum absolute atomic E-state index is 0.0508. The molecule has 0 radical (unpaired) electrons. The summed E-state index contributed by atoms with van der Waals surface area (Å²) in [6.07, 6.45) is 3.27. The fraction of sp³-hybridized carbons (Fsp3) is 0.375. The van der Waals surface area contributed by atoms with Gasteiger partial charge in [0.1, 0.15) is 12.7 Å². The lowest BCUT2D eigenvalue weighted by atomic mass is 9.89. The third-order valence-electron chi connectivity index (χ3n) is 4.24. The molecule has 2 heterocycles. The second-order valence-electron chi connectivity index (χ2n) is 5.67. The molecule has 1 fully saturated rings. The number of nitrogens with zero attached hydrogens (tertiary/aromatic N) is 4. The highest BCUT2D eigenvalue weighted by Crippen LogP contribution is 2.33. The van der Waals surface area contributed by atoms with E-state index in [1.807, 2.05) is 30.3 Å². The van der Waals surface area contributed by atoms with Gasteiger partial charge in [0.15, 0.2) is 0 Å². The van der Waals surface area contributed by atoms with Gasteiger partial charge in [-0.3, -0.25) is 14.3 Å². The van der Waals surface area contributed by atoms with Gasteiger partial charge in [0.05, 0.1) is 12.5 Å². The summed E-state index contributed by atoms with van der Waals surface area (Å²) in [5.74, 6) is -1.63. The highest BCUT2D eigenvalue weighted by atomic mass is 16.4. The number of benzene rings is 1. The summed E-state index contributed by atoms with van der Waals surface area (Å²) in [6.45, 7) is 1.14. The van der Waals surface area contributed by atoms with Crippen LogP contribution in [0, 0.1) is 5.92 Å². The Morgan fingerprint density at radius 2 is 2.00 bits per heavy atom. The zero-order chi connectivity index (χ0) is 16.2. The first-order valence-corrected chi connectivity index (χ1v) is 7.53. The molecule has 120 valence electrons. The van der Waals surface area contributed by atoms with Gasteiger partial charge in [0, 0.05) is 25.4 Å². The molecule has 1 saturated heterocycles. The van der Waals surface area contributed by atoms with Crippen LogP contribution in [0.1, 0.15) is 17.9 Å². The molecular weight excluding hydrogens is 296 g/mol. The van der Waals surface area contributed by atoms with Crippen molar-refractivity contribution in [1.29, 1.82) is 0 Å². The van der Waals surface area contributed by atoms with Crippen LogP contribution in [0.15, 0.2) is 43.0 Å². The molecule has 0 bridgehead atoms. The second-order valence-corrected chi connectivity index (χ2v) is 5.67. The highest BCUT2D eigenvalue weighted by Gasteiger charge is 2.40. The van der Waals surface area contributed by atoms with Gasteiger partial charge in [-0.05, 0) is 5.56 Å². The van der Waals surface area contributed by atoms with Crippen molar-refractivity contribution in [2.24, 2.45) is 5.92 Å². The quantitative estimate of drug-likeness (QED) is 0.889. The van der Waals surface area contributed by atoms with Crippen molar-refractivity contribution in [2.45, 2.75) is 18.9 Å². The van der Waals surface area contributed by atoms with Crippen LogP contribution < -0.4 is 0 Å². The fourth-order valence-electron chi connectivity index (χ4n) is 3.01. The first-order valence-electron chi connectivity index (χ1n) is 7.53. The molecule has 7 nitrogen and oxygen atoms in total. The van der Waals surface area contributed by atoms with Crippen LogP contribution in [0.2, 0.25) is 0 Å². The van der Waals surface area contributed by atoms with Gasteiger partial charge < -0.3 is 10.0 Å². The molecule has 0 saturated carbocycles. The lowest BCUT2D eigenvalue weighted by Gasteiger charge is -2.16. The minimum atomic E-state index is -0.856. The number of hydrogen-bond donors (Lipinski definition) is 1. The number of aromatic nitrogens is 3. The zero-order valence-corrected chi connectivity index (χ0v) is 12.6. The predicted molar refractivity (Wildman–Crippen MR) is 81.5 cm³/mol. The van der Waals surface area contributed by atoms with Gasteiger partial charge in [0.25, 0.3) is 0 Å². The molecule has 23 heavy (non-hydrogen) atoms. The van der Waals surface area contributed by atoms with Crippen LogP contribution in [0.5, 0.6) is 0 Å². The maximum atomic E-state index is 12.4. The maximum absolute atomic E-state index is 12.4. The van der Waals surface area contributed by atoms with Crippen LogP contribution >= 0.6 is 0 Å². The van der Waals surface area contributed by atoms with Gasteiger partial charge in [-0.1, -0.05) is 30.3 Å². The number of likely N-dealkylation sites (tertiary alicyclic amines) is 1. The van der Waals surface area contributed by atoms with Crippen LogP contribution in [-0.2, 0) is 16.1 Å². The second kappa shape index (κ2) is 6.60. The maximum Gasteiger partial charge on any atom is 0.308 e. The summed E-state index contributed by atoms with van der Waals surface area (Å²) in [6, 6.07) is 9.52. The molecule has 2 aromatic rings. The Morgan fingerprint density at radius 1 is 1.22 bits per heavy atom. The minimum Gasteiger partial charge on any atom is -0.481 e. The van der Waals surface area contributed by atoms with Crippen LogP contribution in [-0.4, -0.2) is 49.7 Å². The highest BCUT2D eigenvalue weighted by molar-refractivity contribution is 5.79. The molecule has 1 aromatic carbocycles. The molecule has 2 atom stereocenters. The molecule has 1 aromatic heterocycles. The first kappa shape index (κ1) is 15.2. The van der Waals surface area contributed by atoms with E-state index < -0.39 is 11.9 Å². The van der Waals surface area contributed by atoms with E-state index in [2.05, 4.69) is 10.1 Å². The molecule has 7 heteroatoms. The number of amides is 1. The number of hydrogen-bond acceptors (Lipinski definition) is 4. The van der Waals surface area contributed by atoms with Crippen LogP contribution in [0.3, 0.4) is 0 Å². The molecule has 3 rings (SSSR count). The normalized spacial score (nSPS) is 20.6. The van der Waals surface area contributed by atoms with Gasteiger partial charge in [-0.15, -0.1) is 0 Å². The van der Waals surface area contributed by atoms with E-state index in [9.17, 15) is 14.7 Å². The zero-order valence-electron chi connectivity index (χ0n) is 12.6. The van der Waals surface area contributed by atoms with Crippen molar-refractivity contribution < 1.29 is 14.7 Å². The number of rotatable bonds is 5. The van der Waals surface area contributed by atoms with E-state index in [4.69, 9.17) is 0 Å². The van der Waals surface area contributed by atoms with E-state index >= 15 is 0 Å². The average molecular weight is 314 g/mol. The first-order chi connectivity index (χ1) is 11.1. The van der Waals surface area contributed by atoms with E-state index in [1.54, 1.807) is 15.9 Å². The fourth-order valence-corrected chi connectivity index (χ4v) is 3.01. The van der Waals surface area contributed by atoms with E-state index in [1.165, 1.54) is 6.33 Å². The molecule has 1 aliphatic heterocycles. The van der Waals surface area contributed by atoms with E-state index in [0.717, 1.165) is 5.56 Å². The van der Waals surface area contributed by atoms with Crippen molar-refractivity contribution in [1.82, 2.24) is 19.7 Å². The van der Waals surface area contributed by atoms with Gasteiger partial charge >= 0.3 is 5.97 Å². The molecule has 1 N–H and O–H groups in total. The Kier molecular flexibility index (Phi) is 4.36. The summed E-state index contributed by atoms with van der Waals surface area (Å²) in [7, 11) is 0. The lowest BCUT2D eigenvalue weighted by Crippen LogP contribution is -2.30. The standard InChI is InChI=1S/C16H18N4O3/c21-15(6-7-20-11-17-10-18-20)19-8-13(14(9-19)16(22)23)12-4-2-1-3-5-12/h1-5,10-11,13-14H,6-9H2,(H,22,23)/t13-,14+/m0/s1. The Morgan fingerprint density at radius 3 is 2.65 bits per heavy atom. The lowest BCUT2D eigenvalue weighted by molar-refractivity contribution is -0.141. The van der Waals surface area contributed by atoms with E-state index in [-0.39, 0.29) is 24.8 Å². The molecular formula is C16H18N4O3. The SMILES string of the molecule is O=C(O)[C@@H]1CN(C(=O)CCn2cncn2)C[C@H]1c1ccccc1. The number of carboxylic acid groups (broad SMARTS) is 1. The van der Waals surface area contributed by atoms with Crippen molar-refractivity contribution >= 4 is 11.9 Å². The molecule has 0 aliphatic carbocycles. The van der Waals surface area contributed by atoms with Crippen LogP contribution in [0.25, 0.3) is 0 Å². The summed E-state index contributed by atoms with van der Waals surface area (Å²) in [5, 5.41) is 13.4. The number of carboxylic acids is 1. The molecule has 0 unspecified atom stereocenters. The van der Waals surface area contributed by atoms with E-state index in [0.29, 0.717) is 13.1 Å². The van der Waals surface area contributed by atoms with Gasteiger partial charge in [-0.2, -0.15) is 5.10 Å². The van der Waals surface area contributed by atoms with Crippen molar-refractivity contribution in [3.05, 3.63) is 48.5 Å². The summed E-state index contributed by atoms with van der Waals surface area (Å²) >= 11 is 0. The van der Waals surface area contributed by atoms with Gasteiger partial charge in [-0.25, -0.2) is 4.98 Å². The largest absolute Gasteiger partial charge is 0.481 e. The smallest absolute Gasteiger partial charge is 0.308 e. The molecule has 0 spiro atoms. The summed E-state index contributed by atoms with van der Waals surface area (Å²) in [4.78, 5) is 29.4. The summed E-state index contributed by atoms with van der Waals surface area (Å²) in [5.41, 5.74) is 0.964. The third kappa shape index (κ3) is 3.39. The Balaban J connectivity index is 1.67. The molecule has 1 amide bonds. The van der Waals surface area contributed by atoms with Gasteiger partial charge in [0.2, 0.25) is 5.91 Å². The number of carbonyl (C=O) groups excluding carboxylic acids is 1. The van der Waals surface area contributed by atoms with Crippen molar-refractivity contribution in [2.75, 3.05) is 13.1 Å². The van der Waals surface area contributed by atoms with Crippen LogP contribution in [0.4, 0.5) is 0 Å². The summed E-state index contributed by atoms with van der Waals surface area (Å²) < 4.78 is 1.59. The topological polar surface area (TPSA) is 88.3 Å². The predicted octanol–water partition coefficient (Wildman–Crippen LogP) is 0.995. The number of aliphatic carboxylic acids is 1. The molecule has 1 aliphatic rings. The third-order valence-corrected chi connectivity index (χ3v) is 4.24. The number of carbonyl (C=O) groups is 2. The number of aryl methyl sites for hydroxylation is 1. The Hall–Kier alpha value is -2.70. The van der Waals surface area contributed by atoms with Crippen molar-refractivity contribution in [3.8, 4) is 0 Å².